The van der Waals surface area contributed by atoms with E-state index in [2.05, 4.69) is 20.7 Å². The second kappa shape index (κ2) is 11.4. The van der Waals surface area contributed by atoms with Crippen molar-refractivity contribution in [3.8, 4) is 0 Å². The normalized spacial score (nSPS) is 12.4. The van der Waals surface area contributed by atoms with Gasteiger partial charge in [0.05, 0.1) is 7.11 Å². The minimum atomic E-state index is -0.279. The molecule has 0 saturated carbocycles. The standard InChI is InChI=1S/C12H22BrFO2/c1-16-12(15)9-7-5-3-2-4-6-8-11(13)10-14/h11H,2-10H2,1H3. The average Bonchev–Trinajstić information content (AvgIpc) is 2.31. The summed E-state index contributed by atoms with van der Waals surface area (Å²) in [5, 5.41) is 0. The van der Waals surface area contributed by atoms with Crippen LogP contribution in [0, 0.1) is 0 Å². The maximum absolute atomic E-state index is 12.1. The molecule has 0 N–H and O–H groups in total. The molecule has 2 nitrogen and oxygen atoms in total. The minimum absolute atomic E-state index is 0.0341. The first-order valence-electron chi connectivity index (χ1n) is 5.97. The van der Waals surface area contributed by atoms with Crippen molar-refractivity contribution in [2.24, 2.45) is 0 Å². The van der Waals surface area contributed by atoms with E-state index in [-0.39, 0.29) is 17.5 Å². The van der Waals surface area contributed by atoms with E-state index in [1.165, 1.54) is 13.5 Å². The fraction of sp³-hybridized carbons (Fsp3) is 0.917. The Morgan fingerprint density at radius 2 is 1.75 bits per heavy atom. The summed E-state index contributed by atoms with van der Waals surface area (Å²) in [4.78, 5) is 10.8. The summed E-state index contributed by atoms with van der Waals surface area (Å²) in [5.41, 5.74) is 0. The summed E-state index contributed by atoms with van der Waals surface area (Å²) in [7, 11) is 1.42. The Balaban J connectivity index is 3.07. The van der Waals surface area contributed by atoms with Gasteiger partial charge in [-0.3, -0.25) is 4.79 Å². The molecule has 1 unspecified atom stereocenters. The van der Waals surface area contributed by atoms with Gasteiger partial charge in [0.25, 0.3) is 0 Å². The molecule has 0 fully saturated rings. The fourth-order valence-corrected chi connectivity index (χ4v) is 1.85. The molecular formula is C12H22BrFO2. The molecule has 0 bridgehead atoms. The van der Waals surface area contributed by atoms with Gasteiger partial charge in [-0.1, -0.05) is 48.0 Å². The van der Waals surface area contributed by atoms with Crippen molar-refractivity contribution in [2.45, 2.75) is 56.2 Å². The maximum atomic E-state index is 12.1. The smallest absolute Gasteiger partial charge is 0.305 e. The highest BCUT2D eigenvalue weighted by Crippen LogP contribution is 2.13. The summed E-state index contributed by atoms with van der Waals surface area (Å²) in [6.45, 7) is -0.279. The lowest BCUT2D eigenvalue weighted by Crippen LogP contribution is -2.00. The Morgan fingerprint density at radius 1 is 1.19 bits per heavy atom. The van der Waals surface area contributed by atoms with Gasteiger partial charge >= 0.3 is 5.97 Å². The third kappa shape index (κ3) is 10.4. The van der Waals surface area contributed by atoms with E-state index in [9.17, 15) is 9.18 Å². The van der Waals surface area contributed by atoms with Gasteiger partial charge in [0, 0.05) is 11.2 Å². The number of rotatable bonds is 10. The van der Waals surface area contributed by atoms with Gasteiger partial charge < -0.3 is 4.74 Å². The van der Waals surface area contributed by atoms with Gasteiger partial charge in [0.2, 0.25) is 0 Å². The van der Waals surface area contributed by atoms with Crippen molar-refractivity contribution in [1.82, 2.24) is 0 Å². The molecule has 0 aliphatic heterocycles. The second-order valence-electron chi connectivity index (χ2n) is 3.99. The van der Waals surface area contributed by atoms with Crippen LogP contribution in [0.1, 0.15) is 51.4 Å². The number of esters is 1. The summed E-state index contributed by atoms with van der Waals surface area (Å²) in [6.07, 6.45) is 8.00. The maximum Gasteiger partial charge on any atom is 0.305 e. The van der Waals surface area contributed by atoms with Gasteiger partial charge in [-0.15, -0.1) is 0 Å². The summed E-state index contributed by atoms with van der Waals surface area (Å²) in [6, 6.07) is 0. The molecule has 0 radical (unpaired) electrons. The van der Waals surface area contributed by atoms with Crippen LogP contribution < -0.4 is 0 Å². The van der Waals surface area contributed by atoms with Crippen molar-refractivity contribution >= 4 is 21.9 Å². The molecule has 96 valence electrons. The molecule has 0 aromatic rings. The van der Waals surface area contributed by atoms with Crippen molar-refractivity contribution in [2.75, 3.05) is 13.8 Å². The molecule has 4 heteroatoms. The molecule has 0 spiro atoms. The first kappa shape index (κ1) is 15.9. The van der Waals surface area contributed by atoms with E-state index >= 15 is 0 Å². The van der Waals surface area contributed by atoms with Crippen molar-refractivity contribution in [1.29, 1.82) is 0 Å². The molecule has 0 heterocycles. The Bertz CT molecular complexity index is 176. The summed E-state index contributed by atoms with van der Waals surface area (Å²) >= 11 is 3.27. The number of methoxy groups -OCH3 is 1. The summed E-state index contributed by atoms with van der Waals surface area (Å²) in [5.74, 6) is -0.120. The van der Waals surface area contributed by atoms with E-state index in [0.717, 1.165) is 38.5 Å². The minimum Gasteiger partial charge on any atom is -0.469 e. The van der Waals surface area contributed by atoms with Crippen molar-refractivity contribution in [3.63, 3.8) is 0 Å². The van der Waals surface area contributed by atoms with Gasteiger partial charge in [-0.05, 0) is 12.8 Å². The van der Waals surface area contributed by atoms with E-state index in [0.29, 0.717) is 6.42 Å². The van der Waals surface area contributed by atoms with Gasteiger partial charge in [0.15, 0.2) is 0 Å². The number of halogens is 2. The van der Waals surface area contributed by atoms with E-state index < -0.39 is 0 Å². The third-order valence-corrected chi connectivity index (χ3v) is 3.25. The molecule has 0 aromatic heterocycles. The molecule has 0 aliphatic carbocycles. The quantitative estimate of drug-likeness (QED) is 0.346. The Hall–Kier alpha value is -0.120. The Kier molecular flexibility index (Phi) is 11.3. The van der Waals surface area contributed by atoms with Crippen LogP contribution in [0.4, 0.5) is 4.39 Å². The molecule has 0 aromatic carbocycles. The highest BCUT2D eigenvalue weighted by molar-refractivity contribution is 9.09. The van der Waals surface area contributed by atoms with E-state index in [1.54, 1.807) is 0 Å². The monoisotopic (exact) mass is 296 g/mol. The predicted molar refractivity (Wildman–Crippen MR) is 67.6 cm³/mol. The van der Waals surface area contributed by atoms with Crippen LogP contribution in [0.3, 0.4) is 0 Å². The van der Waals surface area contributed by atoms with Crippen LogP contribution in [0.15, 0.2) is 0 Å². The molecule has 0 saturated heterocycles. The lowest BCUT2D eigenvalue weighted by Gasteiger charge is -2.04. The lowest BCUT2D eigenvalue weighted by atomic mass is 10.1. The number of carbonyl (C=O) groups is 1. The molecule has 0 aliphatic rings. The Labute approximate surface area is 106 Å². The van der Waals surface area contributed by atoms with Crippen molar-refractivity contribution < 1.29 is 13.9 Å². The van der Waals surface area contributed by atoms with Crippen LogP contribution in [0.25, 0.3) is 0 Å². The topological polar surface area (TPSA) is 26.3 Å². The molecule has 0 amide bonds. The van der Waals surface area contributed by atoms with Gasteiger partial charge in [0.1, 0.15) is 6.67 Å². The zero-order chi connectivity index (χ0) is 12.2. The molecule has 1 atom stereocenters. The number of hydrogen-bond donors (Lipinski definition) is 0. The summed E-state index contributed by atoms with van der Waals surface area (Å²) < 4.78 is 16.6. The van der Waals surface area contributed by atoms with Crippen LogP contribution >= 0.6 is 15.9 Å². The predicted octanol–water partition coefficient (Wildman–Crippen LogP) is 4.01. The van der Waals surface area contributed by atoms with E-state index in [1.807, 2.05) is 0 Å². The highest BCUT2D eigenvalue weighted by Gasteiger charge is 2.02. The highest BCUT2D eigenvalue weighted by atomic mass is 79.9. The number of hydrogen-bond acceptors (Lipinski definition) is 2. The van der Waals surface area contributed by atoms with Crippen LogP contribution in [-0.2, 0) is 9.53 Å². The average molecular weight is 297 g/mol. The zero-order valence-electron chi connectivity index (χ0n) is 10.0. The second-order valence-corrected chi connectivity index (χ2v) is 5.28. The van der Waals surface area contributed by atoms with Crippen LogP contribution in [-0.4, -0.2) is 24.6 Å². The molecule has 0 rings (SSSR count). The lowest BCUT2D eigenvalue weighted by molar-refractivity contribution is -0.140. The number of unbranched alkanes of at least 4 members (excludes halogenated alkanes) is 5. The third-order valence-electron chi connectivity index (χ3n) is 2.54. The first-order chi connectivity index (χ1) is 7.70. The largest absolute Gasteiger partial charge is 0.469 e. The molecular weight excluding hydrogens is 275 g/mol. The van der Waals surface area contributed by atoms with Crippen LogP contribution in [0.5, 0.6) is 0 Å². The number of alkyl halides is 2. The van der Waals surface area contributed by atoms with Gasteiger partial charge in [-0.25, -0.2) is 4.39 Å². The number of carbonyl (C=O) groups excluding carboxylic acids is 1. The Morgan fingerprint density at radius 3 is 2.31 bits per heavy atom. The van der Waals surface area contributed by atoms with Gasteiger partial charge in [-0.2, -0.15) is 0 Å². The van der Waals surface area contributed by atoms with Crippen LogP contribution in [0.2, 0.25) is 0 Å². The first-order valence-corrected chi connectivity index (χ1v) is 6.89. The van der Waals surface area contributed by atoms with Crippen molar-refractivity contribution in [3.05, 3.63) is 0 Å². The SMILES string of the molecule is COC(=O)CCCCCCCCC(Br)CF. The zero-order valence-corrected chi connectivity index (χ0v) is 11.6. The number of ether oxygens (including phenoxy) is 1. The van der Waals surface area contributed by atoms with E-state index in [4.69, 9.17) is 0 Å². The molecule has 16 heavy (non-hydrogen) atoms. The fourth-order valence-electron chi connectivity index (χ4n) is 1.52.